The number of carbonyl (C=O) groups excluding carboxylic acids is 2. The van der Waals surface area contributed by atoms with E-state index in [2.05, 4.69) is 12.2 Å². The summed E-state index contributed by atoms with van der Waals surface area (Å²) in [7, 11) is 0. The normalized spacial score (nSPS) is 22.2. The van der Waals surface area contributed by atoms with E-state index in [1.165, 1.54) is 0 Å². The van der Waals surface area contributed by atoms with Gasteiger partial charge in [-0.3, -0.25) is 9.59 Å². The minimum Gasteiger partial charge on any atom is -0.338 e. The first-order chi connectivity index (χ1) is 10.6. The van der Waals surface area contributed by atoms with E-state index >= 15 is 0 Å². The van der Waals surface area contributed by atoms with Crippen LogP contribution in [0.5, 0.6) is 0 Å². The Balaban J connectivity index is 1.65. The summed E-state index contributed by atoms with van der Waals surface area (Å²) >= 11 is 0. The Morgan fingerprint density at radius 3 is 2.68 bits per heavy atom. The fourth-order valence-electron chi connectivity index (χ4n) is 3.15. The van der Waals surface area contributed by atoms with E-state index < -0.39 is 0 Å². The van der Waals surface area contributed by atoms with Gasteiger partial charge in [-0.25, -0.2) is 0 Å². The Morgan fingerprint density at radius 2 is 2.05 bits per heavy atom. The summed E-state index contributed by atoms with van der Waals surface area (Å²) in [6.07, 6.45) is 1.62. The third-order valence-corrected chi connectivity index (χ3v) is 4.51. The molecule has 22 heavy (non-hydrogen) atoms. The van der Waals surface area contributed by atoms with Crippen LogP contribution < -0.4 is 5.32 Å². The lowest BCUT2D eigenvalue weighted by Crippen LogP contribution is -2.52. The lowest BCUT2D eigenvalue weighted by molar-refractivity contribution is -0.128. The average Bonchev–Trinajstić information content (AvgIpc) is 2.93. The molecule has 2 amide bonds. The van der Waals surface area contributed by atoms with Crippen molar-refractivity contribution in [2.45, 2.75) is 32.4 Å². The predicted octanol–water partition coefficient (Wildman–Crippen LogP) is 1.24. The Bertz CT molecular complexity index is 556. The molecule has 1 aromatic carbocycles. The molecule has 3 rings (SSSR count). The number of hydrogen-bond donors (Lipinski definition) is 1. The maximum Gasteiger partial charge on any atom is 0.254 e. The van der Waals surface area contributed by atoms with E-state index in [9.17, 15) is 9.59 Å². The van der Waals surface area contributed by atoms with Crippen molar-refractivity contribution in [1.29, 1.82) is 0 Å². The Kier molecular flexibility index (Phi) is 4.43. The van der Waals surface area contributed by atoms with Crippen LogP contribution in [0.3, 0.4) is 0 Å². The third kappa shape index (κ3) is 3.14. The number of nitrogens with one attached hydrogen (secondary N) is 1. The lowest BCUT2D eigenvalue weighted by Gasteiger charge is -2.34. The van der Waals surface area contributed by atoms with E-state index in [1.807, 2.05) is 34.1 Å². The smallest absolute Gasteiger partial charge is 0.254 e. The molecule has 1 aromatic rings. The van der Waals surface area contributed by atoms with Gasteiger partial charge in [-0.15, -0.1) is 0 Å². The summed E-state index contributed by atoms with van der Waals surface area (Å²) in [6.45, 7) is 6.02. The van der Waals surface area contributed by atoms with Gasteiger partial charge in [0, 0.05) is 50.7 Å². The van der Waals surface area contributed by atoms with Crippen LogP contribution in [-0.4, -0.2) is 53.8 Å². The first-order valence-corrected chi connectivity index (χ1v) is 8.03. The molecule has 5 heteroatoms. The maximum atomic E-state index is 12.6. The molecule has 2 aliphatic rings. The van der Waals surface area contributed by atoms with Crippen molar-refractivity contribution in [3.8, 4) is 0 Å². The molecule has 2 fully saturated rings. The van der Waals surface area contributed by atoms with E-state index in [4.69, 9.17) is 0 Å². The minimum absolute atomic E-state index is 0.0952. The molecule has 0 spiro atoms. The van der Waals surface area contributed by atoms with Gasteiger partial charge in [-0.05, 0) is 31.0 Å². The molecule has 2 saturated heterocycles. The molecule has 2 aliphatic heterocycles. The molecular formula is C17H23N3O2. The number of amides is 2. The number of hydrogen-bond acceptors (Lipinski definition) is 3. The topological polar surface area (TPSA) is 52.7 Å². The zero-order chi connectivity index (χ0) is 15.5. The summed E-state index contributed by atoms with van der Waals surface area (Å²) < 4.78 is 0. The summed E-state index contributed by atoms with van der Waals surface area (Å²) in [5.74, 6) is 0.326. The van der Waals surface area contributed by atoms with E-state index in [-0.39, 0.29) is 17.9 Å². The second-order valence-electron chi connectivity index (χ2n) is 6.17. The molecule has 0 unspecified atom stereocenters. The number of rotatable bonds is 3. The van der Waals surface area contributed by atoms with Gasteiger partial charge in [0.25, 0.3) is 5.91 Å². The van der Waals surface area contributed by atoms with Crippen LogP contribution in [0, 0.1) is 0 Å². The van der Waals surface area contributed by atoms with Gasteiger partial charge in [-0.2, -0.15) is 0 Å². The van der Waals surface area contributed by atoms with Gasteiger partial charge in [0.15, 0.2) is 0 Å². The summed E-state index contributed by atoms with van der Waals surface area (Å²) in [5.41, 5.74) is 1.81. The number of likely N-dealkylation sites (tertiary alicyclic amines) is 1. The molecular weight excluding hydrogens is 278 g/mol. The fourth-order valence-corrected chi connectivity index (χ4v) is 3.15. The third-order valence-electron chi connectivity index (χ3n) is 4.51. The molecule has 0 aliphatic carbocycles. The van der Waals surface area contributed by atoms with Gasteiger partial charge in [0.1, 0.15) is 0 Å². The SMILES string of the molecule is C[C@H]1CNCCN1C(=O)c1ccc(CN2CCCC2=O)cc1. The van der Waals surface area contributed by atoms with Crippen molar-refractivity contribution in [2.24, 2.45) is 0 Å². The highest BCUT2D eigenvalue weighted by Crippen LogP contribution is 2.16. The molecule has 118 valence electrons. The maximum absolute atomic E-state index is 12.6. The van der Waals surface area contributed by atoms with Crippen LogP contribution in [0.2, 0.25) is 0 Å². The number of carbonyl (C=O) groups is 2. The molecule has 1 atom stereocenters. The molecule has 2 heterocycles. The lowest BCUT2D eigenvalue weighted by atomic mass is 10.1. The zero-order valence-corrected chi connectivity index (χ0v) is 13.0. The molecule has 0 saturated carbocycles. The van der Waals surface area contributed by atoms with Crippen LogP contribution in [0.1, 0.15) is 35.7 Å². The molecule has 5 nitrogen and oxygen atoms in total. The highest BCUT2D eigenvalue weighted by atomic mass is 16.2. The molecule has 0 aromatic heterocycles. The minimum atomic E-state index is 0.0952. The van der Waals surface area contributed by atoms with E-state index in [0.717, 1.165) is 43.7 Å². The van der Waals surface area contributed by atoms with Crippen molar-refractivity contribution < 1.29 is 9.59 Å². The van der Waals surface area contributed by atoms with Crippen molar-refractivity contribution in [3.63, 3.8) is 0 Å². The van der Waals surface area contributed by atoms with Gasteiger partial charge in [0.05, 0.1) is 0 Å². The monoisotopic (exact) mass is 301 g/mol. The van der Waals surface area contributed by atoms with Gasteiger partial charge in [0.2, 0.25) is 5.91 Å². The first-order valence-electron chi connectivity index (χ1n) is 8.03. The fraction of sp³-hybridized carbons (Fsp3) is 0.529. The summed E-state index contributed by atoms with van der Waals surface area (Å²) in [6, 6.07) is 7.92. The summed E-state index contributed by atoms with van der Waals surface area (Å²) in [5, 5.41) is 3.29. The molecule has 0 radical (unpaired) electrons. The largest absolute Gasteiger partial charge is 0.338 e. The van der Waals surface area contributed by atoms with Gasteiger partial charge >= 0.3 is 0 Å². The van der Waals surface area contributed by atoms with Crippen LogP contribution in [0.25, 0.3) is 0 Å². The zero-order valence-electron chi connectivity index (χ0n) is 13.0. The van der Waals surface area contributed by atoms with Crippen LogP contribution in [-0.2, 0) is 11.3 Å². The van der Waals surface area contributed by atoms with Crippen LogP contribution in [0.4, 0.5) is 0 Å². The predicted molar refractivity (Wildman–Crippen MR) is 84.5 cm³/mol. The highest BCUT2D eigenvalue weighted by molar-refractivity contribution is 5.94. The quantitative estimate of drug-likeness (QED) is 0.914. The number of nitrogens with zero attached hydrogens (tertiary/aromatic N) is 2. The second-order valence-corrected chi connectivity index (χ2v) is 6.17. The highest BCUT2D eigenvalue weighted by Gasteiger charge is 2.24. The van der Waals surface area contributed by atoms with Crippen LogP contribution >= 0.6 is 0 Å². The van der Waals surface area contributed by atoms with Gasteiger partial charge in [-0.1, -0.05) is 12.1 Å². The standard InChI is InChI=1S/C17H23N3O2/c1-13-11-18-8-10-20(13)17(22)15-6-4-14(5-7-15)12-19-9-2-3-16(19)21/h4-7,13,18H,2-3,8-12H2,1H3/t13-/m0/s1. The van der Waals surface area contributed by atoms with Crippen molar-refractivity contribution in [2.75, 3.05) is 26.2 Å². The first kappa shape index (κ1) is 15.0. The van der Waals surface area contributed by atoms with E-state index in [1.54, 1.807) is 0 Å². The van der Waals surface area contributed by atoms with Crippen molar-refractivity contribution in [3.05, 3.63) is 35.4 Å². The Labute approximate surface area is 131 Å². The van der Waals surface area contributed by atoms with Crippen molar-refractivity contribution >= 4 is 11.8 Å². The molecule has 1 N–H and O–H groups in total. The average molecular weight is 301 g/mol. The summed E-state index contributed by atoms with van der Waals surface area (Å²) in [4.78, 5) is 28.0. The van der Waals surface area contributed by atoms with E-state index in [0.29, 0.717) is 13.0 Å². The van der Waals surface area contributed by atoms with Crippen molar-refractivity contribution in [1.82, 2.24) is 15.1 Å². The second kappa shape index (κ2) is 6.48. The van der Waals surface area contributed by atoms with Gasteiger partial charge < -0.3 is 15.1 Å². The van der Waals surface area contributed by atoms with Crippen LogP contribution in [0.15, 0.2) is 24.3 Å². The Morgan fingerprint density at radius 1 is 1.27 bits per heavy atom. The number of piperazine rings is 1. The number of benzene rings is 1. The Hall–Kier alpha value is -1.88. The molecule has 0 bridgehead atoms.